The lowest BCUT2D eigenvalue weighted by Gasteiger charge is -2.25. The van der Waals surface area contributed by atoms with Gasteiger partial charge in [0.15, 0.2) is 0 Å². The molecule has 0 bridgehead atoms. The summed E-state index contributed by atoms with van der Waals surface area (Å²) in [6.45, 7) is 4.55. The number of carbonyl (C=O) groups excluding carboxylic acids is 1. The number of amides is 1. The van der Waals surface area contributed by atoms with E-state index >= 15 is 0 Å². The summed E-state index contributed by atoms with van der Waals surface area (Å²) in [5.74, 6) is 0.363. The van der Waals surface area contributed by atoms with Crippen molar-refractivity contribution in [2.45, 2.75) is 63.7 Å². The fraction of sp³-hybridized carbons (Fsp3) is 0.688. The maximum atomic E-state index is 13.1. The Morgan fingerprint density at radius 1 is 1.35 bits per heavy atom. The van der Waals surface area contributed by atoms with E-state index < -0.39 is 0 Å². The second-order valence-corrected chi connectivity index (χ2v) is 8.09. The van der Waals surface area contributed by atoms with Crippen LogP contribution in [0.4, 0.5) is 0 Å². The molecule has 2 heterocycles. The van der Waals surface area contributed by atoms with Crippen LogP contribution in [-0.2, 0) is 4.79 Å². The Morgan fingerprint density at radius 3 is 2.60 bits per heavy atom. The van der Waals surface area contributed by atoms with Crippen LogP contribution in [0.1, 0.15) is 57.7 Å². The molecule has 4 heteroatoms. The first-order valence-corrected chi connectivity index (χ1v) is 8.60. The zero-order valence-corrected chi connectivity index (χ0v) is 13.0. The number of rotatable bonds is 2. The molecule has 1 saturated heterocycles. The second-order valence-electron chi connectivity index (χ2n) is 7.31. The molecule has 3 fully saturated rings. The summed E-state index contributed by atoms with van der Waals surface area (Å²) in [5, 5.41) is 8.00. The summed E-state index contributed by atoms with van der Waals surface area (Å²) in [4.78, 5) is 15.2. The van der Waals surface area contributed by atoms with Gasteiger partial charge in [-0.05, 0) is 47.1 Å². The third-order valence-corrected chi connectivity index (χ3v) is 6.15. The molecule has 3 aliphatic rings. The molecule has 2 saturated carbocycles. The molecule has 2 aliphatic carbocycles. The maximum absolute atomic E-state index is 13.1. The summed E-state index contributed by atoms with van der Waals surface area (Å²) in [5.41, 5.74) is 1.29. The molecule has 3 nitrogen and oxygen atoms in total. The maximum Gasteiger partial charge on any atom is 0.244 e. The molecule has 1 N–H and O–H groups in total. The van der Waals surface area contributed by atoms with Crippen LogP contribution < -0.4 is 5.32 Å². The van der Waals surface area contributed by atoms with Crippen LogP contribution in [0.15, 0.2) is 16.8 Å². The fourth-order valence-electron chi connectivity index (χ4n) is 4.00. The molecule has 4 rings (SSSR count). The molecule has 1 amide bonds. The zero-order valence-electron chi connectivity index (χ0n) is 12.2. The lowest BCUT2D eigenvalue weighted by atomic mass is 9.98. The van der Waals surface area contributed by atoms with Crippen molar-refractivity contribution in [2.75, 3.05) is 0 Å². The minimum Gasteiger partial charge on any atom is -0.318 e. The molecule has 2 atom stereocenters. The van der Waals surface area contributed by atoms with Gasteiger partial charge in [-0.3, -0.25) is 10.1 Å². The Kier molecular flexibility index (Phi) is 2.62. The Balaban J connectivity index is 1.71. The van der Waals surface area contributed by atoms with Gasteiger partial charge in [0, 0.05) is 6.04 Å². The van der Waals surface area contributed by atoms with E-state index in [2.05, 4.69) is 40.9 Å². The van der Waals surface area contributed by atoms with E-state index in [0.29, 0.717) is 11.9 Å². The minimum absolute atomic E-state index is 0.0959. The Labute approximate surface area is 124 Å². The topological polar surface area (TPSA) is 32.3 Å². The third kappa shape index (κ3) is 1.70. The number of carbonyl (C=O) groups is 1. The first kappa shape index (κ1) is 12.8. The Bertz CT molecular complexity index is 531. The smallest absolute Gasteiger partial charge is 0.244 e. The Hall–Kier alpha value is -0.870. The van der Waals surface area contributed by atoms with Crippen LogP contribution in [-0.4, -0.2) is 22.4 Å². The van der Waals surface area contributed by atoms with E-state index in [0.717, 1.165) is 19.3 Å². The van der Waals surface area contributed by atoms with E-state index in [1.807, 2.05) is 0 Å². The highest BCUT2D eigenvalue weighted by atomic mass is 32.1. The average Bonchev–Trinajstić information content (AvgIpc) is 2.94. The van der Waals surface area contributed by atoms with E-state index in [-0.39, 0.29) is 17.1 Å². The fourth-order valence-corrected chi connectivity index (χ4v) is 4.68. The highest BCUT2D eigenvalue weighted by Crippen LogP contribution is 2.54. The van der Waals surface area contributed by atoms with Crippen molar-refractivity contribution in [3.8, 4) is 0 Å². The molecule has 1 aromatic rings. The Morgan fingerprint density at radius 2 is 2.05 bits per heavy atom. The van der Waals surface area contributed by atoms with Crippen molar-refractivity contribution in [3.05, 3.63) is 22.4 Å². The quantitative estimate of drug-likeness (QED) is 0.906. The highest BCUT2D eigenvalue weighted by Gasteiger charge is 2.61. The van der Waals surface area contributed by atoms with Crippen molar-refractivity contribution < 1.29 is 4.79 Å². The number of nitrogens with one attached hydrogen (secondary N) is 1. The molecule has 2 unspecified atom stereocenters. The molecule has 1 spiro atoms. The first-order valence-electron chi connectivity index (χ1n) is 7.66. The van der Waals surface area contributed by atoms with Gasteiger partial charge in [0.05, 0.1) is 5.54 Å². The number of hydrogen-bond donors (Lipinski definition) is 1. The van der Waals surface area contributed by atoms with Crippen molar-refractivity contribution in [1.29, 1.82) is 0 Å². The monoisotopic (exact) mass is 290 g/mol. The van der Waals surface area contributed by atoms with Crippen LogP contribution in [0.2, 0.25) is 0 Å². The van der Waals surface area contributed by atoms with E-state index in [1.54, 1.807) is 11.3 Å². The molecular formula is C16H22N2OS. The molecule has 0 radical (unpaired) electrons. The number of hydrogen-bond acceptors (Lipinski definition) is 3. The van der Waals surface area contributed by atoms with Gasteiger partial charge in [-0.2, -0.15) is 11.3 Å². The molecule has 1 aliphatic heterocycles. The van der Waals surface area contributed by atoms with Gasteiger partial charge < -0.3 is 4.90 Å². The number of nitrogens with zero attached hydrogens (tertiary/aromatic N) is 1. The SMILES string of the molecule is CC1(C)CC1N1C(=O)C2(CCCC2)NC1c1ccsc1. The van der Waals surface area contributed by atoms with E-state index in [4.69, 9.17) is 0 Å². The lowest BCUT2D eigenvalue weighted by Crippen LogP contribution is -2.44. The van der Waals surface area contributed by atoms with Gasteiger partial charge in [-0.1, -0.05) is 26.7 Å². The van der Waals surface area contributed by atoms with Crippen molar-refractivity contribution in [1.82, 2.24) is 10.2 Å². The van der Waals surface area contributed by atoms with Crippen LogP contribution >= 0.6 is 11.3 Å². The summed E-state index contributed by atoms with van der Waals surface area (Å²) >= 11 is 1.71. The summed E-state index contributed by atoms with van der Waals surface area (Å²) < 4.78 is 0. The van der Waals surface area contributed by atoms with Crippen LogP contribution in [0.25, 0.3) is 0 Å². The first-order chi connectivity index (χ1) is 9.54. The van der Waals surface area contributed by atoms with Gasteiger partial charge in [-0.15, -0.1) is 0 Å². The number of thiophene rings is 1. The third-order valence-electron chi connectivity index (χ3n) is 5.45. The van der Waals surface area contributed by atoms with E-state index in [1.165, 1.54) is 18.4 Å². The predicted octanol–water partition coefficient (Wildman–Crippen LogP) is 3.29. The standard InChI is InChI=1S/C16H22N2OS/c1-15(2)9-12(15)18-13(11-5-8-20-10-11)17-16(14(18)19)6-3-4-7-16/h5,8,10,12-13,17H,3-4,6-7,9H2,1-2H3. The minimum atomic E-state index is -0.259. The molecule has 1 aromatic heterocycles. The lowest BCUT2D eigenvalue weighted by molar-refractivity contribution is -0.134. The summed E-state index contributed by atoms with van der Waals surface area (Å²) in [6, 6.07) is 2.57. The molecule has 20 heavy (non-hydrogen) atoms. The van der Waals surface area contributed by atoms with Gasteiger partial charge in [0.1, 0.15) is 6.17 Å². The van der Waals surface area contributed by atoms with Gasteiger partial charge in [0.25, 0.3) is 0 Å². The van der Waals surface area contributed by atoms with Crippen molar-refractivity contribution in [2.24, 2.45) is 5.41 Å². The van der Waals surface area contributed by atoms with Crippen LogP contribution in [0.5, 0.6) is 0 Å². The van der Waals surface area contributed by atoms with Crippen LogP contribution in [0, 0.1) is 5.41 Å². The van der Waals surface area contributed by atoms with Gasteiger partial charge in [-0.25, -0.2) is 0 Å². The molecular weight excluding hydrogens is 268 g/mol. The van der Waals surface area contributed by atoms with Crippen LogP contribution in [0.3, 0.4) is 0 Å². The van der Waals surface area contributed by atoms with E-state index in [9.17, 15) is 4.79 Å². The summed E-state index contributed by atoms with van der Waals surface area (Å²) in [7, 11) is 0. The summed E-state index contributed by atoms with van der Waals surface area (Å²) in [6.07, 6.45) is 5.61. The molecule has 108 valence electrons. The second kappa shape index (κ2) is 4.08. The highest BCUT2D eigenvalue weighted by molar-refractivity contribution is 7.08. The van der Waals surface area contributed by atoms with Crippen molar-refractivity contribution >= 4 is 17.2 Å². The average molecular weight is 290 g/mol. The largest absolute Gasteiger partial charge is 0.318 e. The van der Waals surface area contributed by atoms with Gasteiger partial charge >= 0.3 is 0 Å². The van der Waals surface area contributed by atoms with Crippen molar-refractivity contribution in [3.63, 3.8) is 0 Å². The van der Waals surface area contributed by atoms with Gasteiger partial charge in [0.2, 0.25) is 5.91 Å². The molecule has 0 aromatic carbocycles. The predicted molar refractivity (Wildman–Crippen MR) is 80.4 cm³/mol. The zero-order chi connectivity index (χ0) is 14.0. The normalized spacial score (nSPS) is 34.1.